The Morgan fingerprint density at radius 1 is 1.10 bits per heavy atom. The molecule has 8 nitrogen and oxygen atoms in total. The van der Waals surface area contributed by atoms with Gasteiger partial charge in [0.15, 0.2) is 11.5 Å². The van der Waals surface area contributed by atoms with Crippen LogP contribution < -0.4 is 14.6 Å². The highest BCUT2D eigenvalue weighted by atomic mass is 16.6. The van der Waals surface area contributed by atoms with Crippen molar-refractivity contribution in [1.82, 2.24) is 14.7 Å². The summed E-state index contributed by atoms with van der Waals surface area (Å²) in [5, 5.41) is 15.3. The molecular weight excluding hydrogens is 398 g/mol. The molecule has 1 aliphatic rings. The Kier molecular flexibility index (Phi) is 5.70. The van der Waals surface area contributed by atoms with Crippen molar-refractivity contribution in [3.8, 4) is 28.4 Å². The van der Waals surface area contributed by atoms with Crippen molar-refractivity contribution in [2.75, 3.05) is 20.3 Å². The number of likely N-dealkylation sites (N-methyl/N-ethyl adjacent to an activating group) is 1. The summed E-state index contributed by atoms with van der Waals surface area (Å²) in [5.41, 5.74) is 3.17. The number of carbonyl (C=O) groups excluding carboxylic acids is 2. The fourth-order valence-corrected chi connectivity index (χ4v) is 3.27. The fraction of sp³-hybridized carbons (Fsp3) is 0.174. The standard InChI is InChI=1S/C23H21N3O5/c1-25(21(27)9-10-22(28)29)14-17-15-26(18-5-3-2-4-6-18)24-23(17)16-7-8-19-20(13-16)31-12-11-30-19/h2-10,13,15H,11-12,14H2,1H3,(H,28,29)/p-1/b10-9+. The molecule has 0 spiro atoms. The third-order valence-electron chi connectivity index (χ3n) is 4.77. The molecule has 1 aliphatic heterocycles. The molecule has 3 aromatic rings. The van der Waals surface area contributed by atoms with Gasteiger partial charge in [-0.1, -0.05) is 18.2 Å². The molecule has 0 N–H and O–H groups in total. The molecule has 31 heavy (non-hydrogen) atoms. The van der Waals surface area contributed by atoms with Crippen molar-refractivity contribution in [2.24, 2.45) is 0 Å². The minimum absolute atomic E-state index is 0.229. The minimum atomic E-state index is -1.42. The molecule has 0 atom stereocenters. The number of benzene rings is 2. The van der Waals surface area contributed by atoms with E-state index in [1.54, 1.807) is 11.7 Å². The molecule has 0 bridgehead atoms. The van der Waals surface area contributed by atoms with Gasteiger partial charge < -0.3 is 24.3 Å². The van der Waals surface area contributed by atoms with Crippen LogP contribution in [0.3, 0.4) is 0 Å². The van der Waals surface area contributed by atoms with E-state index in [1.807, 2.05) is 54.7 Å². The van der Waals surface area contributed by atoms with Gasteiger partial charge in [0.1, 0.15) is 13.2 Å². The number of nitrogens with zero attached hydrogens (tertiary/aromatic N) is 3. The average molecular weight is 418 g/mol. The van der Waals surface area contributed by atoms with Crippen molar-refractivity contribution >= 4 is 11.9 Å². The van der Waals surface area contributed by atoms with Crippen LogP contribution in [0, 0.1) is 0 Å². The maximum absolute atomic E-state index is 12.3. The highest BCUT2D eigenvalue weighted by Gasteiger charge is 2.19. The molecule has 2 aromatic carbocycles. The number of para-hydroxylation sites is 1. The molecule has 2 heterocycles. The summed E-state index contributed by atoms with van der Waals surface area (Å²) in [7, 11) is 1.59. The number of carboxylic acid groups (broad SMARTS) is 1. The van der Waals surface area contributed by atoms with Gasteiger partial charge >= 0.3 is 0 Å². The van der Waals surface area contributed by atoms with Crippen LogP contribution in [0.4, 0.5) is 0 Å². The highest BCUT2D eigenvalue weighted by molar-refractivity contribution is 5.93. The van der Waals surface area contributed by atoms with Gasteiger partial charge in [0.2, 0.25) is 5.91 Å². The molecule has 0 fully saturated rings. The van der Waals surface area contributed by atoms with Gasteiger partial charge in [-0.2, -0.15) is 5.10 Å². The van der Waals surface area contributed by atoms with Crippen molar-refractivity contribution in [3.63, 3.8) is 0 Å². The zero-order valence-corrected chi connectivity index (χ0v) is 16.9. The van der Waals surface area contributed by atoms with Crippen LogP contribution in [0.15, 0.2) is 66.9 Å². The van der Waals surface area contributed by atoms with E-state index in [9.17, 15) is 14.7 Å². The van der Waals surface area contributed by atoms with E-state index >= 15 is 0 Å². The van der Waals surface area contributed by atoms with Crippen LogP contribution in [0.5, 0.6) is 11.5 Å². The molecule has 158 valence electrons. The second-order valence-electron chi connectivity index (χ2n) is 6.99. The molecule has 0 saturated carbocycles. The zero-order valence-electron chi connectivity index (χ0n) is 16.9. The van der Waals surface area contributed by atoms with E-state index in [-0.39, 0.29) is 6.54 Å². The molecule has 1 amide bonds. The molecule has 1 aromatic heterocycles. The normalized spacial score (nSPS) is 12.7. The Morgan fingerprint density at radius 2 is 1.84 bits per heavy atom. The quantitative estimate of drug-likeness (QED) is 0.564. The van der Waals surface area contributed by atoms with Gasteiger partial charge in [0.05, 0.1) is 17.4 Å². The van der Waals surface area contributed by atoms with Crippen LogP contribution in [-0.2, 0) is 16.1 Å². The smallest absolute Gasteiger partial charge is 0.246 e. The summed E-state index contributed by atoms with van der Waals surface area (Å²) in [6.07, 6.45) is 3.54. The fourth-order valence-electron chi connectivity index (χ4n) is 3.27. The summed E-state index contributed by atoms with van der Waals surface area (Å²) in [5.74, 6) is -0.551. The first kappa shape index (κ1) is 20.2. The molecule has 0 saturated heterocycles. The molecule has 0 aliphatic carbocycles. The van der Waals surface area contributed by atoms with Crippen LogP contribution in [0.2, 0.25) is 0 Å². The first-order valence-corrected chi connectivity index (χ1v) is 9.69. The molecule has 4 rings (SSSR count). The first-order valence-electron chi connectivity index (χ1n) is 9.69. The van der Waals surface area contributed by atoms with Crippen LogP contribution in [-0.4, -0.2) is 46.8 Å². The Labute approximate surface area is 178 Å². The number of hydrogen-bond donors (Lipinski definition) is 0. The van der Waals surface area contributed by atoms with Crippen LogP contribution in [0.25, 0.3) is 16.9 Å². The lowest BCUT2D eigenvalue weighted by Crippen LogP contribution is -2.26. The molecular formula is C23H20N3O5-. The van der Waals surface area contributed by atoms with Crippen molar-refractivity contribution in [1.29, 1.82) is 0 Å². The second-order valence-corrected chi connectivity index (χ2v) is 6.99. The summed E-state index contributed by atoms with van der Waals surface area (Å²) >= 11 is 0. The Balaban J connectivity index is 1.70. The van der Waals surface area contributed by atoms with E-state index in [0.717, 1.165) is 22.9 Å². The second kappa shape index (κ2) is 8.74. The van der Waals surface area contributed by atoms with Crippen molar-refractivity contribution < 1.29 is 24.2 Å². The Hall–Kier alpha value is -4.07. The number of carboxylic acids is 1. The van der Waals surface area contributed by atoms with Gasteiger partial charge in [0, 0.05) is 37.0 Å². The number of aliphatic carboxylic acids is 1. The topological polar surface area (TPSA) is 96.7 Å². The zero-order chi connectivity index (χ0) is 21.8. The lowest BCUT2D eigenvalue weighted by atomic mass is 10.1. The maximum atomic E-state index is 12.3. The number of fused-ring (bicyclic) bond motifs is 1. The predicted molar refractivity (Wildman–Crippen MR) is 111 cm³/mol. The van der Waals surface area contributed by atoms with E-state index in [4.69, 9.17) is 14.6 Å². The lowest BCUT2D eigenvalue weighted by molar-refractivity contribution is -0.297. The Morgan fingerprint density at radius 3 is 2.58 bits per heavy atom. The predicted octanol–water partition coefficient (Wildman–Crippen LogP) is 1.57. The lowest BCUT2D eigenvalue weighted by Gasteiger charge is -2.19. The summed E-state index contributed by atoms with van der Waals surface area (Å²) in [4.78, 5) is 24.3. The molecule has 8 heteroatoms. The largest absolute Gasteiger partial charge is 0.545 e. The monoisotopic (exact) mass is 418 g/mol. The summed E-state index contributed by atoms with van der Waals surface area (Å²) < 4.78 is 13.0. The van der Waals surface area contributed by atoms with Crippen LogP contribution >= 0.6 is 0 Å². The number of ether oxygens (including phenoxy) is 2. The van der Waals surface area contributed by atoms with Gasteiger partial charge in [-0.25, -0.2) is 4.68 Å². The third-order valence-corrected chi connectivity index (χ3v) is 4.77. The van der Waals surface area contributed by atoms with Gasteiger partial charge in [-0.3, -0.25) is 4.79 Å². The molecule has 0 unspecified atom stereocenters. The number of hydrogen-bond acceptors (Lipinski definition) is 6. The summed E-state index contributed by atoms with van der Waals surface area (Å²) in [6.45, 7) is 1.21. The molecule has 0 radical (unpaired) electrons. The van der Waals surface area contributed by atoms with Crippen molar-refractivity contribution in [2.45, 2.75) is 6.54 Å². The number of carbonyl (C=O) groups is 2. The van der Waals surface area contributed by atoms with Crippen LogP contribution in [0.1, 0.15) is 5.56 Å². The van der Waals surface area contributed by atoms with Crippen molar-refractivity contribution in [3.05, 3.63) is 72.4 Å². The van der Waals surface area contributed by atoms with E-state index in [1.165, 1.54) is 4.90 Å². The maximum Gasteiger partial charge on any atom is 0.246 e. The minimum Gasteiger partial charge on any atom is -0.545 e. The van der Waals surface area contributed by atoms with Gasteiger partial charge in [0.25, 0.3) is 0 Å². The van der Waals surface area contributed by atoms with Gasteiger partial charge in [-0.15, -0.1) is 0 Å². The highest BCUT2D eigenvalue weighted by Crippen LogP contribution is 2.35. The first-order chi connectivity index (χ1) is 15.0. The average Bonchev–Trinajstić information content (AvgIpc) is 3.21. The van der Waals surface area contributed by atoms with E-state index < -0.39 is 11.9 Å². The Bertz CT molecular complexity index is 1140. The summed E-state index contributed by atoms with van der Waals surface area (Å²) in [6, 6.07) is 15.2. The van der Waals surface area contributed by atoms with E-state index in [0.29, 0.717) is 36.5 Å². The van der Waals surface area contributed by atoms with E-state index in [2.05, 4.69) is 0 Å². The SMILES string of the molecule is CN(Cc1cn(-c2ccccc2)nc1-c1ccc2c(c1)OCCO2)C(=O)/C=C/C(=O)[O-]. The number of aromatic nitrogens is 2. The number of rotatable bonds is 6. The van der Waals surface area contributed by atoms with Gasteiger partial charge in [-0.05, 0) is 36.4 Å². The number of amides is 1. The third kappa shape index (κ3) is 4.58.